The van der Waals surface area contributed by atoms with E-state index in [1.54, 1.807) is 0 Å². The molecule has 1 aliphatic rings. The van der Waals surface area contributed by atoms with Crippen molar-refractivity contribution in [3.8, 4) is 17.1 Å². The monoisotopic (exact) mass is 330 g/mol. The third kappa shape index (κ3) is 3.69. The molecule has 1 heterocycles. The summed E-state index contributed by atoms with van der Waals surface area (Å²) in [7, 11) is 1.52. The molecule has 1 aliphatic carbocycles. The number of ether oxygens (including phenoxy) is 2. The number of aromatic nitrogens is 1. The lowest BCUT2D eigenvalue weighted by Gasteiger charge is -2.13. The van der Waals surface area contributed by atoms with Gasteiger partial charge in [-0.25, -0.2) is 4.79 Å². The van der Waals surface area contributed by atoms with Gasteiger partial charge >= 0.3 is 6.09 Å². The van der Waals surface area contributed by atoms with Crippen molar-refractivity contribution in [1.82, 2.24) is 10.5 Å². The molecule has 0 radical (unpaired) electrons. The van der Waals surface area contributed by atoms with Crippen LogP contribution in [-0.4, -0.2) is 24.4 Å². The molecule has 1 fully saturated rings. The largest absolute Gasteiger partial charge is 0.490 e. The Kier molecular flexibility index (Phi) is 5.03. The lowest BCUT2D eigenvalue weighted by Crippen LogP contribution is -2.19. The Balaban J connectivity index is 1.72. The third-order valence-electron chi connectivity index (χ3n) is 4.26. The molecule has 1 aromatic heterocycles. The van der Waals surface area contributed by atoms with Crippen molar-refractivity contribution in [3.05, 3.63) is 35.5 Å². The Bertz CT molecular complexity index is 688. The van der Waals surface area contributed by atoms with Crippen LogP contribution < -0.4 is 10.1 Å². The summed E-state index contributed by atoms with van der Waals surface area (Å²) in [5.74, 6) is 1.48. The number of aryl methyl sites for hydroxylation is 1. The first-order valence-corrected chi connectivity index (χ1v) is 8.24. The fourth-order valence-corrected chi connectivity index (χ4v) is 2.88. The molecule has 1 amide bonds. The number of benzene rings is 1. The maximum atomic E-state index is 11.3. The van der Waals surface area contributed by atoms with Gasteiger partial charge in [-0.1, -0.05) is 5.16 Å². The van der Waals surface area contributed by atoms with Gasteiger partial charge in [0.05, 0.1) is 17.4 Å². The van der Waals surface area contributed by atoms with Gasteiger partial charge in [0.1, 0.15) is 12.4 Å². The van der Waals surface area contributed by atoms with Gasteiger partial charge in [-0.3, -0.25) is 0 Å². The van der Waals surface area contributed by atoms with Gasteiger partial charge in [-0.15, -0.1) is 0 Å². The summed E-state index contributed by atoms with van der Waals surface area (Å²) in [5, 5.41) is 6.40. The zero-order valence-electron chi connectivity index (χ0n) is 14.0. The Morgan fingerprint density at radius 1 is 1.29 bits per heavy atom. The first-order valence-electron chi connectivity index (χ1n) is 8.24. The lowest BCUT2D eigenvalue weighted by molar-refractivity contribution is 0.142. The topological polar surface area (TPSA) is 73.6 Å². The zero-order chi connectivity index (χ0) is 16.9. The van der Waals surface area contributed by atoms with Crippen molar-refractivity contribution < 1.29 is 18.8 Å². The molecule has 0 bridgehead atoms. The quantitative estimate of drug-likeness (QED) is 0.902. The van der Waals surface area contributed by atoms with Gasteiger partial charge < -0.3 is 19.3 Å². The molecule has 3 rings (SSSR count). The van der Waals surface area contributed by atoms with E-state index in [2.05, 4.69) is 10.5 Å². The second-order valence-corrected chi connectivity index (χ2v) is 5.95. The molecular weight excluding hydrogens is 308 g/mol. The minimum Gasteiger partial charge on any atom is -0.490 e. The number of hydrogen-bond donors (Lipinski definition) is 1. The Labute approximate surface area is 141 Å². The summed E-state index contributed by atoms with van der Waals surface area (Å²) >= 11 is 0. The van der Waals surface area contributed by atoms with E-state index in [0.29, 0.717) is 17.6 Å². The number of nitrogens with zero attached hydrogens (tertiary/aromatic N) is 1. The van der Waals surface area contributed by atoms with Crippen molar-refractivity contribution in [2.45, 2.75) is 45.3 Å². The van der Waals surface area contributed by atoms with Gasteiger partial charge in [-0.05, 0) is 56.9 Å². The number of carbonyl (C=O) groups excluding carboxylic acids is 1. The maximum absolute atomic E-state index is 11.3. The van der Waals surface area contributed by atoms with E-state index in [9.17, 15) is 4.79 Å². The first-order chi connectivity index (χ1) is 11.7. The number of rotatable bonds is 5. The van der Waals surface area contributed by atoms with Gasteiger partial charge in [0.25, 0.3) is 0 Å². The van der Waals surface area contributed by atoms with Gasteiger partial charge in [-0.2, -0.15) is 0 Å². The molecule has 128 valence electrons. The standard InChI is InChI=1S/C18H22N2O4/c1-12-16(11-22-18(21)19-2)17(24-20-12)13-7-9-15(10-8-13)23-14-5-3-4-6-14/h7-10,14H,3-6,11H2,1-2H3,(H,19,21). The smallest absolute Gasteiger partial charge is 0.407 e. The van der Waals surface area contributed by atoms with Crippen LogP contribution in [0, 0.1) is 6.92 Å². The number of carbonyl (C=O) groups is 1. The van der Waals surface area contributed by atoms with E-state index in [4.69, 9.17) is 14.0 Å². The molecule has 24 heavy (non-hydrogen) atoms. The van der Waals surface area contributed by atoms with Crippen molar-refractivity contribution in [1.29, 1.82) is 0 Å². The highest BCUT2D eigenvalue weighted by molar-refractivity contribution is 5.67. The molecule has 2 aromatic rings. The number of amides is 1. The van der Waals surface area contributed by atoms with Crippen LogP contribution >= 0.6 is 0 Å². The summed E-state index contributed by atoms with van der Waals surface area (Å²) in [6, 6.07) is 7.76. The molecular formula is C18H22N2O4. The van der Waals surface area contributed by atoms with Crippen LogP contribution in [0.1, 0.15) is 36.9 Å². The van der Waals surface area contributed by atoms with Gasteiger partial charge in [0.2, 0.25) is 0 Å². The summed E-state index contributed by atoms with van der Waals surface area (Å²) in [5.41, 5.74) is 2.35. The van der Waals surface area contributed by atoms with E-state index in [1.807, 2.05) is 31.2 Å². The normalized spacial score (nSPS) is 14.6. The molecule has 6 heteroatoms. The average molecular weight is 330 g/mol. The van der Waals surface area contributed by atoms with E-state index >= 15 is 0 Å². The van der Waals surface area contributed by atoms with Crippen LogP contribution in [-0.2, 0) is 11.3 Å². The number of alkyl carbamates (subject to hydrolysis) is 1. The van der Waals surface area contributed by atoms with Crippen LogP contribution in [0.4, 0.5) is 4.79 Å². The van der Waals surface area contributed by atoms with E-state index in [0.717, 1.165) is 29.7 Å². The van der Waals surface area contributed by atoms with E-state index < -0.39 is 6.09 Å². The maximum Gasteiger partial charge on any atom is 0.407 e. The SMILES string of the molecule is CNC(=O)OCc1c(C)noc1-c1ccc(OC2CCCC2)cc1. The van der Waals surface area contributed by atoms with Crippen molar-refractivity contribution in [2.75, 3.05) is 7.05 Å². The predicted molar refractivity (Wildman–Crippen MR) is 88.8 cm³/mol. The van der Waals surface area contributed by atoms with Crippen LogP contribution in [0.25, 0.3) is 11.3 Å². The minimum atomic E-state index is -0.484. The average Bonchev–Trinajstić information content (AvgIpc) is 3.23. The fourth-order valence-electron chi connectivity index (χ4n) is 2.88. The van der Waals surface area contributed by atoms with E-state index in [1.165, 1.54) is 19.9 Å². The van der Waals surface area contributed by atoms with Gasteiger partial charge in [0, 0.05) is 12.6 Å². The molecule has 1 aromatic carbocycles. The number of hydrogen-bond acceptors (Lipinski definition) is 5. The molecule has 1 N–H and O–H groups in total. The van der Waals surface area contributed by atoms with E-state index in [-0.39, 0.29) is 6.61 Å². The highest BCUT2D eigenvalue weighted by atomic mass is 16.5. The highest BCUT2D eigenvalue weighted by Gasteiger charge is 2.18. The second-order valence-electron chi connectivity index (χ2n) is 5.95. The molecule has 0 atom stereocenters. The molecule has 0 spiro atoms. The number of nitrogens with one attached hydrogen (secondary N) is 1. The van der Waals surface area contributed by atoms with Crippen molar-refractivity contribution in [3.63, 3.8) is 0 Å². The molecule has 1 saturated carbocycles. The van der Waals surface area contributed by atoms with Crippen LogP contribution in [0.15, 0.2) is 28.8 Å². The van der Waals surface area contributed by atoms with Crippen LogP contribution in [0.5, 0.6) is 5.75 Å². The van der Waals surface area contributed by atoms with Crippen LogP contribution in [0.3, 0.4) is 0 Å². The van der Waals surface area contributed by atoms with Crippen molar-refractivity contribution >= 4 is 6.09 Å². The Morgan fingerprint density at radius 2 is 2.00 bits per heavy atom. The molecule has 0 unspecified atom stereocenters. The predicted octanol–water partition coefficient (Wildman–Crippen LogP) is 3.83. The minimum absolute atomic E-state index is 0.116. The summed E-state index contributed by atoms with van der Waals surface area (Å²) in [6.45, 7) is 1.94. The third-order valence-corrected chi connectivity index (χ3v) is 4.26. The molecule has 6 nitrogen and oxygen atoms in total. The summed E-state index contributed by atoms with van der Waals surface area (Å²) in [4.78, 5) is 11.3. The second kappa shape index (κ2) is 7.38. The lowest BCUT2D eigenvalue weighted by atomic mass is 10.1. The highest BCUT2D eigenvalue weighted by Crippen LogP contribution is 2.30. The zero-order valence-corrected chi connectivity index (χ0v) is 14.0. The first kappa shape index (κ1) is 16.4. The van der Waals surface area contributed by atoms with Crippen LogP contribution in [0.2, 0.25) is 0 Å². The summed E-state index contributed by atoms with van der Waals surface area (Å²) in [6.07, 6.45) is 4.60. The Hall–Kier alpha value is -2.50. The Morgan fingerprint density at radius 3 is 2.67 bits per heavy atom. The fraction of sp³-hybridized carbons (Fsp3) is 0.444. The molecule has 0 saturated heterocycles. The van der Waals surface area contributed by atoms with Gasteiger partial charge in [0.15, 0.2) is 5.76 Å². The van der Waals surface area contributed by atoms with Crippen molar-refractivity contribution in [2.24, 2.45) is 0 Å². The molecule has 0 aliphatic heterocycles. The summed E-state index contributed by atoms with van der Waals surface area (Å²) < 4.78 is 16.5.